The molecule has 2 aromatic rings. The van der Waals surface area contributed by atoms with Crippen LogP contribution in [0.15, 0.2) is 51.4 Å². The smallest absolute Gasteiger partial charge is 0.262 e. The van der Waals surface area contributed by atoms with Crippen molar-refractivity contribution in [3.8, 4) is 5.75 Å². The molecule has 1 N–H and O–H groups in total. The van der Waals surface area contributed by atoms with Gasteiger partial charge in [-0.15, -0.1) is 0 Å². The van der Waals surface area contributed by atoms with E-state index in [1.807, 2.05) is 36.4 Å². The summed E-state index contributed by atoms with van der Waals surface area (Å²) in [6.07, 6.45) is 0. The lowest BCUT2D eigenvalue weighted by Gasteiger charge is -2.21. The molecule has 0 heterocycles. The summed E-state index contributed by atoms with van der Waals surface area (Å²) in [6.45, 7) is 6.11. The predicted octanol–water partition coefficient (Wildman–Crippen LogP) is 5.08. The fraction of sp³-hybridized carbons (Fsp3) is 0.278. The Labute approximate surface area is 159 Å². The number of nitrogens with one attached hydrogen (secondary N) is 1. The van der Waals surface area contributed by atoms with Crippen LogP contribution < -0.4 is 15.0 Å². The van der Waals surface area contributed by atoms with E-state index < -0.39 is 0 Å². The molecule has 0 aliphatic rings. The molecule has 0 unspecified atom stereocenters. The maximum atomic E-state index is 12.0. The third-order valence-electron chi connectivity index (χ3n) is 3.53. The number of amides is 1. The number of hydrogen-bond acceptors (Lipinski definition) is 3. The van der Waals surface area contributed by atoms with Crippen LogP contribution in [0, 0.1) is 0 Å². The molecule has 0 spiro atoms. The topological polar surface area (TPSA) is 41.6 Å². The predicted molar refractivity (Wildman–Crippen MR) is 106 cm³/mol. The molecule has 128 valence electrons. The van der Waals surface area contributed by atoms with Crippen LogP contribution in [0.25, 0.3) is 0 Å². The van der Waals surface area contributed by atoms with Gasteiger partial charge in [-0.2, -0.15) is 0 Å². The van der Waals surface area contributed by atoms with E-state index >= 15 is 0 Å². The number of nitrogens with zero attached hydrogens (tertiary/aromatic N) is 1. The Morgan fingerprint density at radius 2 is 1.75 bits per heavy atom. The van der Waals surface area contributed by atoms with Crippen LogP contribution in [0.2, 0.25) is 0 Å². The Kier molecular flexibility index (Phi) is 7.12. The van der Waals surface area contributed by atoms with E-state index in [-0.39, 0.29) is 12.5 Å². The summed E-state index contributed by atoms with van der Waals surface area (Å²) in [5.74, 6) is 0.436. The van der Waals surface area contributed by atoms with E-state index in [4.69, 9.17) is 4.74 Å². The van der Waals surface area contributed by atoms with Crippen molar-refractivity contribution in [1.29, 1.82) is 0 Å². The molecule has 2 aromatic carbocycles. The van der Waals surface area contributed by atoms with Crippen molar-refractivity contribution in [1.82, 2.24) is 0 Å². The summed E-state index contributed by atoms with van der Waals surface area (Å²) in [5.41, 5.74) is 1.91. The number of hydrogen-bond donors (Lipinski definition) is 1. The fourth-order valence-corrected chi connectivity index (χ4v) is 3.44. The number of carbonyl (C=O) groups is 1. The number of carbonyl (C=O) groups excluding carboxylic acids is 1. The molecule has 0 fully saturated rings. The molecule has 0 radical (unpaired) electrons. The summed E-state index contributed by atoms with van der Waals surface area (Å²) in [4.78, 5) is 14.3. The zero-order valence-corrected chi connectivity index (χ0v) is 16.9. The van der Waals surface area contributed by atoms with Gasteiger partial charge in [-0.1, -0.05) is 15.9 Å². The SMILES string of the molecule is CCN(CC)c1ccc(NC(=O)COc2ccc(Br)cc2Br)cc1. The van der Waals surface area contributed by atoms with Gasteiger partial charge in [-0.3, -0.25) is 4.79 Å². The lowest BCUT2D eigenvalue weighted by Crippen LogP contribution is -2.22. The van der Waals surface area contributed by atoms with Crippen LogP contribution in [0.4, 0.5) is 11.4 Å². The van der Waals surface area contributed by atoms with Gasteiger partial charge in [-0.05, 0) is 72.2 Å². The first-order valence-electron chi connectivity index (χ1n) is 7.76. The van der Waals surface area contributed by atoms with Crippen LogP contribution in [-0.4, -0.2) is 25.6 Å². The molecule has 0 saturated heterocycles. The van der Waals surface area contributed by atoms with Crippen molar-refractivity contribution >= 4 is 49.1 Å². The van der Waals surface area contributed by atoms with Crippen molar-refractivity contribution < 1.29 is 9.53 Å². The van der Waals surface area contributed by atoms with Crippen LogP contribution in [-0.2, 0) is 4.79 Å². The van der Waals surface area contributed by atoms with Gasteiger partial charge >= 0.3 is 0 Å². The first-order chi connectivity index (χ1) is 11.5. The first kappa shape index (κ1) is 18.8. The monoisotopic (exact) mass is 454 g/mol. The Bertz CT molecular complexity index is 686. The number of rotatable bonds is 7. The minimum Gasteiger partial charge on any atom is -0.483 e. The summed E-state index contributed by atoms with van der Waals surface area (Å²) < 4.78 is 7.28. The Hall–Kier alpha value is -1.53. The van der Waals surface area contributed by atoms with Gasteiger partial charge in [0.15, 0.2) is 6.61 Å². The first-order valence-corrected chi connectivity index (χ1v) is 9.34. The van der Waals surface area contributed by atoms with Crippen molar-refractivity contribution in [2.45, 2.75) is 13.8 Å². The maximum absolute atomic E-state index is 12.0. The molecule has 4 nitrogen and oxygen atoms in total. The number of ether oxygens (including phenoxy) is 1. The van der Waals surface area contributed by atoms with Crippen molar-refractivity contribution in [2.75, 3.05) is 29.9 Å². The Balaban J connectivity index is 1.90. The lowest BCUT2D eigenvalue weighted by molar-refractivity contribution is -0.118. The molecular formula is C18H20Br2N2O2. The van der Waals surface area contributed by atoms with Gasteiger partial charge in [0.2, 0.25) is 0 Å². The number of benzene rings is 2. The van der Waals surface area contributed by atoms with E-state index in [0.29, 0.717) is 5.75 Å². The largest absolute Gasteiger partial charge is 0.483 e. The Morgan fingerprint density at radius 1 is 1.08 bits per heavy atom. The molecule has 0 bridgehead atoms. The Morgan fingerprint density at radius 3 is 2.33 bits per heavy atom. The molecule has 6 heteroatoms. The lowest BCUT2D eigenvalue weighted by atomic mass is 10.2. The average molecular weight is 456 g/mol. The average Bonchev–Trinajstić information content (AvgIpc) is 2.56. The molecule has 0 saturated carbocycles. The zero-order valence-electron chi connectivity index (χ0n) is 13.7. The summed E-state index contributed by atoms with van der Waals surface area (Å²) in [7, 11) is 0. The van der Waals surface area contributed by atoms with Crippen LogP contribution in [0.1, 0.15) is 13.8 Å². The van der Waals surface area contributed by atoms with Crippen LogP contribution in [0.3, 0.4) is 0 Å². The molecule has 0 aliphatic heterocycles. The maximum Gasteiger partial charge on any atom is 0.262 e. The highest BCUT2D eigenvalue weighted by atomic mass is 79.9. The second-order valence-electron chi connectivity index (χ2n) is 5.13. The fourth-order valence-electron chi connectivity index (χ4n) is 2.28. The molecule has 1 amide bonds. The van der Waals surface area contributed by atoms with Gasteiger partial charge < -0.3 is 15.0 Å². The van der Waals surface area contributed by atoms with E-state index in [1.54, 1.807) is 6.07 Å². The van der Waals surface area contributed by atoms with E-state index in [0.717, 1.165) is 33.4 Å². The summed E-state index contributed by atoms with van der Waals surface area (Å²) >= 11 is 6.79. The second-order valence-corrected chi connectivity index (χ2v) is 6.90. The summed E-state index contributed by atoms with van der Waals surface area (Å²) in [6, 6.07) is 13.4. The van der Waals surface area contributed by atoms with E-state index in [9.17, 15) is 4.79 Å². The molecule has 24 heavy (non-hydrogen) atoms. The minimum absolute atomic E-state index is 0.0436. The molecule has 2 rings (SSSR count). The molecule has 0 aromatic heterocycles. The highest BCUT2D eigenvalue weighted by Gasteiger charge is 2.07. The third kappa shape index (κ3) is 5.24. The highest BCUT2D eigenvalue weighted by Crippen LogP contribution is 2.28. The van der Waals surface area contributed by atoms with Crippen molar-refractivity contribution in [3.05, 3.63) is 51.4 Å². The van der Waals surface area contributed by atoms with E-state index in [1.165, 1.54) is 0 Å². The van der Waals surface area contributed by atoms with Crippen molar-refractivity contribution in [2.24, 2.45) is 0 Å². The van der Waals surface area contributed by atoms with Gasteiger partial charge in [0.05, 0.1) is 4.47 Å². The third-order valence-corrected chi connectivity index (χ3v) is 4.65. The van der Waals surface area contributed by atoms with Gasteiger partial charge in [0.25, 0.3) is 5.91 Å². The van der Waals surface area contributed by atoms with Crippen molar-refractivity contribution in [3.63, 3.8) is 0 Å². The molecule has 0 atom stereocenters. The standard InChI is InChI=1S/C18H20Br2N2O2/c1-3-22(4-2)15-8-6-14(7-9-15)21-18(23)12-24-17-10-5-13(19)11-16(17)20/h5-11H,3-4,12H2,1-2H3,(H,21,23). The minimum atomic E-state index is -0.194. The normalized spacial score (nSPS) is 10.3. The van der Waals surface area contributed by atoms with Gasteiger partial charge in [0.1, 0.15) is 5.75 Å². The number of halogens is 2. The molecular weight excluding hydrogens is 436 g/mol. The van der Waals surface area contributed by atoms with Gasteiger partial charge in [0, 0.05) is 28.9 Å². The van der Waals surface area contributed by atoms with Gasteiger partial charge in [-0.25, -0.2) is 0 Å². The van der Waals surface area contributed by atoms with Crippen LogP contribution in [0.5, 0.6) is 5.75 Å². The van der Waals surface area contributed by atoms with Crippen LogP contribution >= 0.6 is 31.9 Å². The quantitative estimate of drug-likeness (QED) is 0.633. The van der Waals surface area contributed by atoms with E-state index in [2.05, 4.69) is 55.9 Å². The highest BCUT2D eigenvalue weighted by molar-refractivity contribution is 9.11. The molecule has 0 aliphatic carbocycles. The zero-order chi connectivity index (χ0) is 17.5. The number of anilines is 2. The summed E-state index contributed by atoms with van der Waals surface area (Å²) in [5, 5.41) is 2.84. The second kappa shape index (κ2) is 9.08.